The molecule has 0 aromatic heterocycles. The lowest BCUT2D eigenvalue weighted by Crippen LogP contribution is -2.38. The van der Waals surface area contributed by atoms with Gasteiger partial charge in [-0.05, 0) is 56.7 Å². The van der Waals surface area contributed by atoms with Gasteiger partial charge in [0, 0.05) is 18.5 Å². The third-order valence-electron chi connectivity index (χ3n) is 3.62. The molecule has 20 heavy (non-hydrogen) atoms. The van der Waals surface area contributed by atoms with E-state index in [9.17, 15) is 8.42 Å². The molecule has 1 aromatic carbocycles. The van der Waals surface area contributed by atoms with Crippen LogP contribution in [0.15, 0.2) is 29.2 Å². The Morgan fingerprint density at radius 2 is 1.85 bits per heavy atom. The van der Waals surface area contributed by atoms with Gasteiger partial charge in [0.25, 0.3) is 0 Å². The van der Waals surface area contributed by atoms with Crippen LogP contribution in [0.25, 0.3) is 0 Å². The molecular formula is C15H22ClNO2S. The van der Waals surface area contributed by atoms with Crippen LogP contribution in [-0.2, 0) is 16.4 Å². The van der Waals surface area contributed by atoms with Crippen LogP contribution < -0.4 is 0 Å². The molecule has 0 bridgehead atoms. The molecule has 0 N–H and O–H groups in total. The fourth-order valence-electron chi connectivity index (χ4n) is 2.21. The van der Waals surface area contributed by atoms with Gasteiger partial charge in [-0.25, -0.2) is 8.42 Å². The highest BCUT2D eigenvalue weighted by molar-refractivity contribution is 7.89. The third-order valence-corrected chi connectivity index (χ3v) is 5.87. The molecule has 5 heteroatoms. The Bertz CT molecular complexity index is 535. The second-order valence-corrected chi connectivity index (χ2v) is 7.96. The van der Waals surface area contributed by atoms with Crippen molar-refractivity contribution >= 4 is 21.6 Å². The normalized spacial score (nSPS) is 16.1. The zero-order chi connectivity index (χ0) is 14.8. The Morgan fingerprint density at radius 3 is 2.30 bits per heavy atom. The number of benzene rings is 1. The Balaban J connectivity index is 2.21. The van der Waals surface area contributed by atoms with Gasteiger partial charge in [0.05, 0.1) is 4.90 Å². The van der Waals surface area contributed by atoms with E-state index in [2.05, 4.69) is 0 Å². The van der Waals surface area contributed by atoms with Gasteiger partial charge in [-0.1, -0.05) is 12.1 Å². The second kappa shape index (κ2) is 6.46. The molecule has 1 fully saturated rings. The Kier molecular flexibility index (Phi) is 5.10. The Hall–Kier alpha value is -0.580. The average Bonchev–Trinajstić information content (AvgIpc) is 3.20. The van der Waals surface area contributed by atoms with Crippen molar-refractivity contribution in [3.05, 3.63) is 29.8 Å². The third kappa shape index (κ3) is 3.74. The molecule has 0 radical (unpaired) electrons. The van der Waals surface area contributed by atoms with Crippen LogP contribution in [0, 0.1) is 5.92 Å². The van der Waals surface area contributed by atoms with Crippen LogP contribution in [-0.4, -0.2) is 31.2 Å². The summed E-state index contributed by atoms with van der Waals surface area (Å²) in [4.78, 5) is 0.380. The Morgan fingerprint density at radius 1 is 1.25 bits per heavy atom. The van der Waals surface area contributed by atoms with Gasteiger partial charge in [-0.2, -0.15) is 4.31 Å². The summed E-state index contributed by atoms with van der Waals surface area (Å²) in [7, 11) is -3.39. The van der Waals surface area contributed by atoms with E-state index in [4.69, 9.17) is 11.6 Å². The molecule has 0 unspecified atom stereocenters. The van der Waals surface area contributed by atoms with E-state index < -0.39 is 10.0 Å². The predicted octanol–water partition coefficient (Wildman–Crippen LogP) is 3.28. The maximum atomic E-state index is 12.7. The van der Waals surface area contributed by atoms with E-state index in [0.717, 1.165) is 24.8 Å². The Labute approximate surface area is 127 Å². The van der Waals surface area contributed by atoms with Crippen molar-refractivity contribution in [2.24, 2.45) is 5.92 Å². The summed E-state index contributed by atoms with van der Waals surface area (Å²) in [5.74, 6) is 1.09. The monoisotopic (exact) mass is 315 g/mol. The lowest BCUT2D eigenvalue weighted by molar-refractivity contribution is 0.341. The van der Waals surface area contributed by atoms with Crippen LogP contribution in [0.2, 0.25) is 0 Å². The highest BCUT2D eigenvalue weighted by Gasteiger charge is 2.33. The van der Waals surface area contributed by atoms with Crippen LogP contribution in [0.1, 0.15) is 32.3 Å². The van der Waals surface area contributed by atoms with Gasteiger partial charge in [0.15, 0.2) is 0 Å². The molecule has 0 amide bonds. The minimum absolute atomic E-state index is 0.0110. The summed E-state index contributed by atoms with van der Waals surface area (Å²) in [6.07, 6.45) is 3.05. The predicted molar refractivity (Wildman–Crippen MR) is 82.6 cm³/mol. The lowest BCUT2D eigenvalue weighted by Gasteiger charge is -2.26. The lowest BCUT2D eigenvalue weighted by atomic mass is 10.2. The van der Waals surface area contributed by atoms with Crippen LogP contribution in [0.3, 0.4) is 0 Å². The maximum absolute atomic E-state index is 12.7. The van der Waals surface area contributed by atoms with Gasteiger partial charge in [0.2, 0.25) is 10.0 Å². The van der Waals surface area contributed by atoms with Crippen LogP contribution >= 0.6 is 11.6 Å². The molecule has 0 heterocycles. The SMILES string of the molecule is CC(C)N(CC1CC1)S(=O)(=O)c1ccc(CCCl)cc1. The number of alkyl halides is 1. The number of aryl methyl sites for hydroxylation is 1. The van der Waals surface area contributed by atoms with E-state index in [1.54, 1.807) is 16.4 Å². The van der Waals surface area contributed by atoms with E-state index >= 15 is 0 Å². The molecule has 0 aliphatic heterocycles. The minimum atomic E-state index is -3.39. The molecule has 1 aliphatic rings. The summed E-state index contributed by atoms with van der Waals surface area (Å²) in [5.41, 5.74) is 1.07. The van der Waals surface area contributed by atoms with Gasteiger partial charge < -0.3 is 0 Å². The minimum Gasteiger partial charge on any atom is -0.207 e. The van der Waals surface area contributed by atoms with Crippen molar-refractivity contribution in [3.8, 4) is 0 Å². The molecular weight excluding hydrogens is 294 g/mol. The summed E-state index contributed by atoms with van der Waals surface area (Å²) in [5, 5.41) is 0. The first kappa shape index (κ1) is 15.8. The average molecular weight is 316 g/mol. The number of nitrogens with zero attached hydrogens (tertiary/aromatic N) is 1. The zero-order valence-corrected chi connectivity index (χ0v) is 13.6. The number of halogens is 1. The summed E-state index contributed by atoms with van der Waals surface area (Å²) < 4.78 is 27.0. The largest absolute Gasteiger partial charge is 0.243 e. The smallest absolute Gasteiger partial charge is 0.207 e. The topological polar surface area (TPSA) is 37.4 Å². The van der Waals surface area contributed by atoms with Gasteiger partial charge in [0.1, 0.15) is 0 Å². The van der Waals surface area contributed by atoms with Crippen LogP contribution in [0.4, 0.5) is 0 Å². The van der Waals surface area contributed by atoms with Crippen LogP contribution in [0.5, 0.6) is 0 Å². The van der Waals surface area contributed by atoms with Crippen molar-refractivity contribution in [2.75, 3.05) is 12.4 Å². The van der Waals surface area contributed by atoms with Crippen molar-refractivity contribution in [1.29, 1.82) is 0 Å². The number of sulfonamides is 1. The maximum Gasteiger partial charge on any atom is 0.243 e. The van der Waals surface area contributed by atoms with E-state index in [1.165, 1.54) is 0 Å². The molecule has 0 spiro atoms. The van der Waals surface area contributed by atoms with Crippen molar-refractivity contribution in [3.63, 3.8) is 0 Å². The first-order chi connectivity index (χ1) is 9.45. The molecule has 0 saturated heterocycles. The number of hydrogen-bond acceptors (Lipinski definition) is 2. The highest BCUT2D eigenvalue weighted by Crippen LogP contribution is 2.32. The van der Waals surface area contributed by atoms with E-state index in [-0.39, 0.29) is 6.04 Å². The molecule has 1 aromatic rings. The van der Waals surface area contributed by atoms with E-state index in [1.807, 2.05) is 26.0 Å². The van der Waals surface area contributed by atoms with Gasteiger partial charge in [-0.3, -0.25) is 0 Å². The van der Waals surface area contributed by atoms with Crippen molar-refractivity contribution in [2.45, 2.75) is 44.0 Å². The quantitative estimate of drug-likeness (QED) is 0.724. The molecule has 112 valence electrons. The first-order valence-electron chi connectivity index (χ1n) is 7.12. The first-order valence-corrected chi connectivity index (χ1v) is 9.09. The van der Waals surface area contributed by atoms with E-state index in [0.29, 0.717) is 23.2 Å². The fourth-order valence-corrected chi connectivity index (χ4v) is 4.15. The molecule has 3 nitrogen and oxygen atoms in total. The number of rotatable bonds is 7. The highest BCUT2D eigenvalue weighted by atomic mass is 35.5. The molecule has 0 atom stereocenters. The molecule has 1 saturated carbocycles. The summed E-state index contributed by atoms with van der Waals surface area (Å²) >= 11 is 5.70. The van der Waals surface area contributed by atoms with Gasteiger partial charge in [-0.15, -0.1) is 11.6 Å². The van der Waals surface area contributed by atoms with Crippen molar-refractivity contribution in [1.82, 2.24) is 4.31 Å². The van der Waals surface area contributed by atoms with Gasteiger partial charge >= 0.3 is 0 Å². The summed E-state index contributed by atoms with van der Waals surface area (Å²) in [6.45, 7) is 4.51. The number of hydrogen-bond donors (Lipinski definition) is 0. The fraction of sp³-hybridized carbons (Fsp3) is 0.600. The standard InChI is InChI=1S/C15H22ClNO2S/c1-12(2)17(11-14-3-4-14)20(18,19)15-7-5-13(6-8-15)9-10-16/h5-8,12,14H,3-4,9-11H2,1-2H3. The summed E-state index contributed by atoms with van der Waals surface area (Å²) in [6, 6.07) is 7.08. The molecule has 2 rings (SSSR count). The zero-order valence-electron chi connectivity index (χ0n) is 12.0. The second-order valence-electron chi connectivity index (χ2n) is 5.69. The van der Waals surface area contributed by atoms with Crippen molar-refractivity contribution < 1.29 is 8.42 Å². The molecule has 1 aliphatic carbocycles.